The van der Waals surface area contributed by atoms with Crippen molar-refractivity contribution >= 4 is 0 Å². The van der Waals surface area contributed by atoms with Gasteiger partial charge in [-0.2, -0.15) is 0 Å². The van der Waals surface area contributed by atoms with Crippen LogP contribution in [0, 0.1) is 11.6 Å². The highest BCUT2D eigenvalue weighted by molar-refractivity contribution is 5.84. The summed E-state index contributed by atoms with van der Waals surface area (Å²) in [6.07, 6.45) is -0.722. The first-order valence-electron chi connectivity index (χ1n) is 10.3. The van der Waals surface area contributed by atoms with E-state index >= 15 is 4.39 Å². The largest absolute Gasteiger partial charge is 0.573 e. The molecule has 0 heterocycles. The Balaban J connectivity index is 2.04. The lowest BCUT2D eigenvalue weighted by Crippen LogP contribution is -2.16. The topological polar surface area (TPSA) is 29.5 Å². The summed E-state index contributed by atoms with van der Waals surface area (Å²) in [6, 6.07) is 13.0. The van der Waals surface area contributed by atoms with Crippen LogP contribution in [0.1, 0.15) is 37.3 Å². The number of hydrogen-bond donors (Lipinski definition) is 1. The Hall–Kier alpha value is -2.93. The predicted molar refractivity (Wildman–Crippen MR) is 113 cm³/mol. The molecule has 170 valence electrons. The Morgan fingerprint density at radius 2 is 1.50 bits per heavy atom. The Labute approximate surface area is 183 Å². The predicted octanol–water partition coefficient (Wildman–Crippen LogP) is 7.42. The van der Waals surface area contributed by atoms with Crippen molar-refractivity contribution in [1.82, 2.24) is 0 Å². The molecule has 32 heavy (non-hydrogen) atoms. The van der Waals surface area contributed by atoms with Crippen LogP contribution < -0.4 is 4.74 Å². The van der Waals surface area contributed by atoms with Gasteiger partial charge in [-0.15, -0.1) is 13.2 Å². The summed E-state index contributed by atoms with van der Waals surface area (Å²) in [5, 5.41) is 9.44. The average Bonchev–Trinajstić information content (AvgIpc) is 2.74. The van der Waals surface area contributed by atoms with Gasteiger partial charge in [-0.3, -0.25) is 0 Å². The maximum absolute atomic E-state index is 15.2. The number of ether oxygens (including phenoxy) is 1. The third-order valence-corrected chi connectivity index (χ3v) is 5.18. The molecule has 0 aliphatic heterocycles. The molecule has 0 fully saturated rings. The van der Waals surface area contributed by atoms with Crippen molar-refractivity contribution in [3.8, 4) is 28.0 Å². The van der Waals surface area contributed by atoms with E-state index in [1.165, 1.54) is 12.1 Å². The molecular weight excluding hydrogens is 427 g/mol. The van der Waals surface area contributed by atoms with Crippen molar-refractivity contribution < 1.29 is 31.8 Å². The fourth-order valence-corrected chi connectivity index (χ4v) is 3.57. The highest BCUT2D eigenvalue weighted by Gasteiger charge is 2.31. The number of halogens is 5. The van der Waals surface area contributed by atoms with Gasteiger partial charge >= 0.3 is 6.36 Å². The van der Waals surface area contributed by atoms with E-state index in [1.54, 1.807) is 12.1 Å². The molecule has 0 saturated carbocycles. The quantitative estimate of drug-likeness (QED) is 0.286. The molecule has 2 nitrogen and oxygen atoms in total. The molecule has 3 rings (SSSR count). The summed E-state index contributed by atoms with van der Waals surface area (Å²) in [7, 11) is 0. The van der Waals surface area contributed by atoms with Crippen molar-refractivity contribution in [1.29, 1.82) is 0 Å². The second-order valence-corrected chi connectivity index (χ2v) is 7.46. The molecule has 0 aliphatic carbocycles. The summed E-state index contributed by atoms with van der Waals surface area (Å²) >= 11 is 0. The molecule has 0 bridgehead atoms. The highest BCUT2D eigenvalue weighted by Crippen LogP contribution is 2.38. The van der Waals surface area contributed by atoms with E-state index in [0.29, 0.717) is 11.1 Å². The van der Waals surface area contributed by atoms with Gasteiger partial charge in [0.25, 0.3) is 0 Å². The van der Waals surface area contributed by atoms with Gasteiger partial charge in [0.05, 0.1) is 6.61 Å². The normalized spacial score (nSPS) is 11.6. The molecule has 0 atom stereocenters. The molecule has 0 aromatic heterocycles. The molecular formula is C25H23F5O2. The Morgan fingerprint density at radius 3 is 2.06 bits per heavy atom. The molecule has 0 amide bonds. The lowest BCUT2D eigenvalue weighted by atomic mass is 9.91. The first kappa shape index (κ1) is 23.7. The summed E-state index contributed by atoms with van der Waals surface area (Å²) in [5.74, 6) is -2.28. The lowest BCUT2D eigenvalue weighted by molar-refractivity contribution is -0.274. The van der Waals surface area contributed by atoms with Crippen molar-refractivity contribution in [2.24, 2.45) is 0 Å². The van der Waals surface area contributed by atoms with Crippen LogP contribution in [0.5, 0.6) is 5.75 Å². The fraction of sp³-hybridized carbons (Fsp3) is 0.280. The van der Waals surface area contributed by atoms with E-state index in [9.17, 15) is 22.7 Å². The first-order valence-corrected chi connectivity index (χ1v) is 10.3. The second-order valence-electron chi connectivity index (χ2n) is 7.46. The molecule has 0 aliphatic rings. The lowest BCUT2D eigenvalue weighted by Gasteiger charge is -2.16. The Morgan fingerprint density at radius 1 is 0.875 bits per heavy atom. The van der Waals surface area contributed by atoms with Crippen LogP contribution in [-0.4, -0.2) is 11.5 Å². The third-order valence-electron chi connectivity index (χ3n) is 5.18. The Bertz CT molecular complexity index is 1040. The van der Waals surface area contributed by atoms with Crippen LogP contribution in [0.2, 0.25) is 0 Å². The molecule has 0 radical (unpaired) electrons. The van der Waals surface area contributed by atoms with Gasteiger partial charge in [-0.05, 0) is 53.3 Å². The van der Waals surface area contributed by atoms with Crippen LogP contribution in [-0.2, 0) is 13.0 Å². The maximum Gasteiger partial charge on any atom is 0.573 e. The summed E-state index contributed by atoms with van der Waals surface area (Å²) in [4.78, 5) is 0. The van der Waals surface area contributed by atoms with E-state index in [2.05, 4.69) is 11.7 Å². The average molecular weight is 450 g/mol. The van der Waals surface area contributed by atoms with Gasteiger partial charge in [0, 0.05) is 11.1 Å². The molecule has 0 spiro atoms. The molecule has 7 heteroatoms. The standard InChI is InChI=1S/C25H23F5O2/c1-2-3-4-5-16-6-8-18(9-7-16)23-20(14-22(26)21(15-31)24(23)27)17-10-12-19(13-11-17)32-25(28,29)30/h6-14,31H,2-5,15H2,1H3. The van der Waals surface area contributed by atoms with Crippen LogP contribution >= 0.6 is 0 Å². The van der Waals surface area contributed by atoms with Crippen molar-refractivity contribution in [3.63, 3.8) is 0 Å². The van der Waals surface area contributed by atoms with Gasteiger partial charge < -0.3 is 9.84 Å². The third kappa shape index (κ3) is 5.65. The van der Waals surface area contributed by atoms with Crippen molar-refractivity contribution in [2.45, 2.75) is 45.6 Å². The zero-order valence-corrected chi connectivity index (χ0v) is 17.5. The number of aryl methyl sites for hydroxylation is 1. The first-order chi connectivity index (χ1) is 15.2. The number of hydrogen-bond acceptors (Lipinski definition) is 2. The molecule has 0 unspecified atom stereocenters. The van der Waals surface area contributed by atoms with Crippen molar-refractivity contribution in [2.75, 3.05) is 0 Å². The summed E-state index contributed by atoms with van der Waals surface area (Å²) in [6.45, 7) is 1.29. The molecule has 3 aromatic rings. The number of alkyl halides is 3. The highest BCUT2D eigenvalue weighted by atomic mass is 19.4. The molecule has 3 aromatic carbocycles. The molecule has 1 N–H and O–H groups in total. The minimum atomic E-state index is -4.84. The van der Waals surface area contributed by atoms with Crippen LogP contribution in [0.4, 0.5) is 22.0 Å². The van der Waals surface area contributed by atoms with Crippen LogP contribution in [0.25, 0.3) is 22.3 Å². The van der Waals surface area contributed by atoms with Crippen molar-refractivity contribution in [3.05, 3.63) is 77.4 Å². The van der Waals surface area contributed by atoms with Crippen LogP contribution in [0.3, 0.4) is 0 Å². The smallest absolute Gasteiger partial charge is 0.406 e. The summed E-state index contributed by atoms with van der Waals surface area (Å²) in [5.41, 5.74) is 1.63. The number of rotatable bonds is 8. The zero-order valence-electron chi connectivity index (χ0n) is 17.5. The SMILES string of the molecule is CCCCCc1ccc(-c2c(-c3ccc(OC(F)(F)F)cc3)cc(F)c(CO)c2F)cc1. The molecule has 0 saturated heterocycles. The number of aliphatic hydroxyl groups is 1. The fourth-order valence-electron chi connectivity index (χ4n) is 3.57. The number of aliphatic hydroxyl groups excluding tert-OH is 1. The van der Waals surface area contributed by atoms with E-state index in [4.69, 9.17) is 0 Å². The monoisotopic (exact) mass is 450 g/mol. The Kier molecular flexibility index (Phi) is 7.51. The number of benzene rings is 3. The maximum atomic E-state index is 15.2. The van der Waals surface area contributed by atoms with Crippen LogP contribution in [0.15, 0.2) is 54.6 Å². The van der Waals surface area contributed by atoms with Gasteiger partial charge in [-0.25, -0.2) is 8.78 Å². The van der Waals surface area contributed by atoms with Gasteiger partial charge in [0.15, 0.2) is 0 Å². The van der Waals surface area contributed by atoms with E-state index < -0.39 is 35.9 Å². The minimum absolute atomic E-state index is 0.0695. The van der Waals surface area contributed by atoms with E-state index in [1.807, 2.05) is 12.1 Å². The summed E-state index contributed by atoms with van der Waals surface area (Å²) < 4.78 is 70.8. The van der Waals surface area contributed by atoms with Gasteiger partial charge in [0.1, 0.15) is 17.4 Å². The second kappa shape index (κ2) is 10.1. The van der Waals surface area contributed by atoms with E-state index in [0.717, 1.165) is 49.4 Å². The number of unbranched alkanes of at least 4 members (excludes halogenated alkanes) is 2. The van der Waals surface area contributed by atoms with Gasteiger partial charge in [0.2, 0.25) is 0 Å². The minimum Gasteiger partial charge on any atom is -0.406 e. The van der Waals surface area contributed by atoms with E-state index in [-0.39, 0.29) is 11.1 Å². The van der Waals surface area contributed by atoms with Gasteiger partial charge in [-0.1, -0.05) is 56.2 Å². The zero-order chi connectivity index (χ0) is 23.3.